The van der Waals surface area contributed by atoms with Crippen LogP contribution in [-0.4, -0.2) is 42.9 Å². The number of piperidine rings is 2. The van der Waals surface area contributed by atoms with Gasteiger partial charge in [0.05, 0.1) is 5.56 Å². The lowest BCUT2D eigenvalue weighted by Gasteiger charge is -2.32. The molecule has 0 radical (unpaired) electrons. The molecule has 3 rings (SSSR count). The van der Waals surface area contributed by atoms with E-state index in [1.807, 2.05) is 0 Å². The van der Waals surface area contributed by atoms with Crippen LogP contribution < -0.4 is 5.32 Å². The van der Waals surface area contributed by atoms with Gasteiger partial charge in [0.15, 0.2) is 0 Å². The lowest BCUT2D eigenvalue weighted by atomic mass is 9.85. The van der Waals surface area contributed by atoms with E-state index < -0.39 is 36.4 Å². The number of amides is 1. The van der Waals surface area contributed by atoms with Gasteiger partial charge in [0, 0.05) is 31.5 Å². The highest BCUT2D eigenvalue weighted by molar-refractivity contribution is 5.94. The van der Waals surface area contributed by atoms with E-state index in [9.17, 15) is 26.7 Å². The molecule has 0 unspecified atom stereocenters. The molecule has 2 saturated heterocycles. The summed E-state index contributed by atoms with van der Waals surface area (Å²) in [5.74, 6) is -3.53. The first kappa shape index (κ1) is 21.9. The van der Waals surface area contributed by atoms with Crippen molar-refractivity contribution in [3.8, 4) is 0 Å². The molecule has 2 aliphatic heterocycles. The Morgan fingerprint density at radius 3 is 2.26 bits per heavy atom. The molecule has 1 N–H and O–H groups in total. The van der Waals surface area contributed by atoms with Crippen LogP contribution in [0.25, 0.3) is 0 Å². The van der Waals surface area contributed by atoms with Crippen molar-refractivity contribution in [2.45, 2.75) is 43.7 Å². The zero-order valence-corrected chi connectivity index (χ0v) is 15.4. The molecule has 3 nitrogen and oxygen atoms in total. The number of rotatable bonds is 2. The standard InChI is InChI=1S/C18H21F5N2O.ClH/c19-17(20)5-9-25(10-6-17)16(26)13-1-2-15(18(21,22)23)14(11-13)12-3-7-24-8-4-12;/h1-2,11-12,24H,3-10H2;1H. The minimum Gasteiger partial charge on any atom is -0.338 e. The Labute approximate surface area is 160 Å². The fourth-order valence-electron chi connectivity index (χ4n) is 3.64. The molecule has 0 bridgehead atoms. The number of hydrogen-bond acceptors (Lipinski definition) is 2. The summed E-state index contributed by atoms with van der Waals surface area (Å²) in [5.41, 5.74) is -0.449. The average Bonchev–Trinajstić information content (AvgIpc) is 2.60. The zero-order valence-electron chi connectivity index (χ0n) is 14.6. The lowest BCUT2D eigenvalue weighted by molar-refractivity contribution is -0.138. The maximum Gasteiger partial charge on any atom is 0.416 e. The smallest absolute Gasteiger partial charge is 0.338 e. The SMILES string of the molecule is Cl.O=C(c1ccc(C(F)(F)F)c(C2CCNCC2)c1)N1CCC(F)(F)CC1. The van der Waals surface area contributed by atoms with E-state index in [-0.39, 0.29) is 42.5 Å². The third-order valence-electron chi connectivity index (χ3n) is 5.17. The Morgan fingerprint density at radius 2 is 1.70 bits per heavy atom. The average molecular weight is 413 g/mol. The molecule has 0 atom stereocenters. The number of likely N-dealkylation sites (tertiary alicyclic amines) is 1. The maximum absolute atomic E-state index is 13.4. The van der Waals surface area contributed by atoms with Crippen LogP contribution in [0, 0.1) is 0 Å². The van der Waals surface area contributed by atoms with Gasteiger partial charge in [-0.25, -0.2) is 8.78 Å². The highest BCUT2D eigenvalue weighted by atomic mass is 35.5. The monoisotopic (exact) mass is 412 g/mol. The molecule has 0 aromatic heterocycles. The van der Waals surface area contributed by atoms with Crippen LogP contribution in [0.3, 0.4) is 0 Å². The van der Waals surface area contributed by atoms with Gasteiger partial charge in [0.2, 0.25) is 0 Å². The molecule has 2 aliphatic rings. The van der Waals surface area contributed by atoms with Crippen LogP contribution in [0.4, 0.5) is 22.0 Å². The fraction of sp³-hybridized carbons (Fsp3) is 0.611. The van der Waals surface area contributed by atoms with Crippen LogP contribution in [0.2, 0.25) is 0 Å². The first-order valence-corrected chi connectivity index (χ1v) is 8.76. The molecule has 9 heteroatoms. The Bertz CT molecular complexity index is 664. The first-order valence-electron chi connectivity index (χ1n) is 8.76. The van der Waals surface area contributed by atoms with Crippen molar-refractivity contribution in [2.24, 2.45) is 0 Å². The third kappa shape index (κ3) is 5.10. The molecule has 0 aliphatic carbocycles. The Morgan fingerprint density at radius 1 is 1.11 bits per heavy atom. The normalized spacial score (nSPS) is 20.9. The van der Waals surface area contributed by atoms with Crippen molar-refractivity contribution >= 4 is 18.3 Å². The van der Waals surface area contributed by atoms with Gasteiger partial charge in [0.1, 0.15) is 0 Å². The number of carbonyl (C=O) groups excluding carboxylic acids is 1. The van der Waals surface area contributed by atoms with E-state index >= 15 is 0 Å². The molecular weight excluding hydrogens is 391 g/mol. The van der Waals surface area contributed by atoms with E-state index in [1.54, 1.807) is 0 Å². The summed E-state index contributed by atoms with van der Waals surface area (Å²) in [6, 6.07) is 3.42. The van der Waals surface area contributed by atoms with Crippen LogP contribution in [0.15, 0.2) is 18.2 Å². The van der Waals surface area contributed by atoms with Crippen LogP contribution >= 0.6 is 12.4 Å². The van der Waals surface area contributed by atoms with Gasteiger partial charge in [-0.15, -0.1) is 12.4 Å². The summed E-state index contributed by atoms with van der Waals surface area (Å²) in [4.78, 5) is 13.9. The van der Waals surface area contributed by atoms with E-state index in [4.69, 9.17) is 0 Å². The molecular formula is C18H22ClF5N2O. The van der Waals surface area contributed by atoms with Gasteiger partial charge in [-0.05, 0) is 55.6 Å². The van der Waals surface area contributed by atoms with E-state index in [2.05, 4.69) is 5.32 Å². The summed E-state index contributed by atoms with van der Waals surface area (Å²) in [7, 11) is 0. The topological polar surface area (TPSA) is 32.3 Å². The van der Waals surface area contributed by atoms with Gasteiger partial charge < -0.3 is 10.2 Å². The summed E-state index contributed by atoms with van der Waals surface area (Å²) in [5, 5.41) is 3.11. The summed E-state index contributed by atoms with van der Waals surface area (Å²) in [6.45, 7) is 1.08. The molecule has 0 spiro atoms. The minimum absolute atomic E-state index is 0. The molecule has 152 valence electrons. The second-order valence-electron chi connectivity index (χ2n) is 6.97. The molecule has 0 saturated carbocycles. The zero-order chi connectivity index (χ0) is 18.9. The van der Waals surface area contributed by atoms with Gasteiger partial charge in [-0.3, -0.25) is 4.79 Å². The van der Waals surface area contributed by atoms with E-state index in [0.29, 0.717) is 25.9 Å². The van der Waals surface area contributed by atoms with Gasteiger partial charge in [-0.2, -0.15) is 13.2 Å². The molecule has 1 aromatic carbocycles. The van der Waals surface area contributed by atoms with Crippen LogP contribution in [-0.2, 0) is 6.18 Å². The molecule has 2 fully saturated rings. The van der Waals surface area contributed by atoms with Crippen molar-refractivity contribution < 1.29 is 26.7 Å². The number of halogens is 6. The van der Waals surface area contributed by atoms with Crippen LogP contribution in [0.5, 0.6) is 0 Å². The largest absolute Gasteiger partial charge is 0.416 e. The molecule has 2 heterocycles. The number of nitrogens with one attached hydrogen (secondary N) is 1. The Hall–Kier alpha value is -1.41. The maximum atomic E-state index is 13.4. The molecule has 27 heavy (non-hydrogen) atoms. The number of hydrogen-bond donors (Lipinski definition) is 1. The predicted octanol–water partition coefficient (Wildman–Crippen LogP) is 4.47. The minimum atomic E-state index is -4.49. The highest BCUT2D eigenvalue weighted by Gasteiger charge is 2.38. The van der Waals surface area contributed by atoms with Gasteiger partial charge in [0.25, 0.3) is 11.8 Å². The Kier molecular flexibility index (Phi) is 6.73. The van der Waals surface area contributed by atoms with Crippen molar-refractivity contribution in [3.63, 3.8) is 0 Å². The quantitative estimate of drug-likeness (QED) is 0.727. The first-order chi connectivity index (χ1) is 12.2. The van der Waals surface area contributed by atoms with Crippen molar-refractivity contribution in [1.29, 1.82) is 0 Å². The summed E-state index contributed by atoms with van der Waals surface area (Å²) in [6.07, 6.45) is -4.19. The predicted molar refractivity (Wildman–Crippen MR) is 93.6 cm³/mol. The second kappa shape index (κ2) is 8.31. The van der Waals surface area contributed by atoms with E-state index in [1.165, 1.54) is 11.0 Å². The third-order valence-corrected chi connectivity index (χ3v) is 5.17. The van der Waals surface area contributed by atoms with Gasteiger partial charge in [-0.1, -0.05) is 0 Å². The highest BCUT2D eigenvalue weighted by Crippen LogP contribution is 2.39. The summed E-state index contributed by atoms with van der Waals surface area (Å²) < 4.78 is 66.7. The second-order valence-corrected chi connectivity index (χ2v) is 6.97. The Balaban J connectivity index is 0.00000261. The van der Waals surface area contributed by atoms with E-state index in [0.717, 1.165) is 12.1 Å². The van der Waals surface area contributed by atoms with Crippen molar-refractivity contribution in [3.05, 3.63) is 34.9 Å². The molecule has 1 amide bonds. The lowest BCUT2D eigenvalue weighted by Crippen LogP contribution is -2.42. The number of carbonyl (C=O) groups is 1. The number of alkyl halides is 5. The molecule has 1 aromatic rings. The van der Waals surface area contributed by atoms with Crippen LogP contribution in [0.1, 0.15) is 53.1 Å². The fourth-order valence-corrected chi connectivity index (χ4v) is 3.64. The van der Waals surface area contributed by atoms with Gasteiger partial charge >= 0.3 is 6.18 Å². The summed E-state index contributed by atoms with van der Waals surface area (Å²) >= 11 is 0. The number of nitrogens with zero attached hydrogens (tertiary/aromatic N) is 1. The number of benzene rings is 1. The van der Waals surface area contributed by atoms with Crippen molar-refractivity contribution in [2.75, 3.05) is 26.2 Å². The van der Waals surface area contributed by atoms with Crippen molar-refractivity contribution in [1.82, 2.24) is 10.2 Å².